The van der Waals surface area contributed by atoms with Crippen LogP contribution < -0.4 is 0 Å². The van der Waals surface area contributed by atoms with Crippen LogP contribution in [0.15, 0.2) is 6.20 Å². The quantitative estimate of drug-likeness (QED) is 0.861. The first-order valence-corrected chi connectivity index (χ1v) is 7.57. The Hall–Kier alpha value is -2.05. The van der Waals surface area contributed by atoms with Gasteiger partial charge in [0.15, 0.2) is 0 Å². The van der Waals surface area contributed by atoms with Crippen LogP contribution in [0.3, 0.4) is 0 Å². The van der Waals surface area contributed by atoms with Crippen LogP contribution >= 0.6 is 0 Å². The second-order valence-corrected chi connectivity index (χ2v) is 6.91. The Kier molecular flexibility index (Phi) is 3.38. The lowest BCUT2D eigenvalue weighted by molar-refractivity contribution is 0.00405. The van der Waals surface area contributed by atoms with E-state index in [2.05, 4.69) is 4.98 Å². The number of hydrogen-bond donors (Lipinski definition) is 1. The Labute approximate surface area is 128 Å². The number of nitrogens with zero attached hydrogens (tertiary/aromatic N) is 3. The summed E-state index contributed by atoms with van der Waals surface area (Å²) < 4.78 is 7.28. The fourth-order valence-electron chi connectivity index (χ4n) is 3.42. The highest BCUT2D eigenvalue weighted by Crippen LogP contribution is 2.40. The minimum atomic E-state index is -0.977. The molecule has 1 aliphatic heterocycles. The summed E-state index contributed by atoms with van der Waals surface area (Å²) in [6.07, 6.45) is 3.71. The number of carbonyl (C=O) groups is 2. The van der Waals surface area contributed by atoms with E-state index in [-0.39, 0.29) is 23.9 Å². The van der Waals surface area contributed by atoms with Crippen molar-refractivity contribution in [2.24, 2.45) is 0 Å². The number of fused-ring (bicyclic) bond motifs is 3. The predicted octanol–water partition coefficient (Wildman–Crippen LogP) is 2.43. The summed E-state index contributed by atoms with van der Waals surface area (Å²) in [5, 5.41) is 9.31. The highest BCUT2D eigenvalue weighted by molar-refractivity contribution is 5.85. The number of carboxylic acids is 1. The minimum absolute atomic E-state index is 0.0188. The van der Waals surface area contributed by atoms with E-state index in [0.717, 1.165) is 19.3 Å². The molecule has 0 unspecified atom stereocenters. The first kappa shape index (κ1) is 14.9. The molecular formula is C15H21N3O4. The van der Waals surface area contributed by atoms with Crippen LogP contribution in [0.1, 0.15) is 62.4 Å². The molecule has 1 fully saturated rings. The standard InChI is InChI=1S/C15H21N3O4/c1-15(2,3)22-14(21)17-8-12-16-7-11(13(19)20)18(12)10-6-4-5-9(10)17/h7,9-10H,4-6,8H2,1-3H3,(H,19,20)/t9-,10+/m0/s1. The van der Waals surface area contributed by atoms with Crippen LogP contribution in [-0.2, 0) is 11.3 Å². The normalized spacial score (nSPS) is 23.9. The van der Waals surface area contributed by atoms with Gasteiger partial charge in [0.2, 0.25) is 0 Å². The fraction of sp³-hybridized carbons (Fsp3) is 0.667. The highest BCUT2D eigenvalue weighted by atomic mass is 16.6. The number of amides is 1. The van der Waals surface area contributed by atoms with Crippen molar-refractivity contribution >= 4 is 12.1 Å². The van der Waals surface area contributed by atoms with Gasteiger partial charge >= 0.3 is 12.1 Å². The van der Waals surface area contributed by atoms with Crippen molar-refractivity contribution in [1.82, 2.24) is 14.5 Å². The van der Waals surface area contributed by atoms with Crippen molar-refractivity contribution in [1.29, 1.82) is 0 Å². The molecule has 7 nitrogen and oxygen atoms in total. The van der Waals surface area contributed by atoms with Gasteiger partial charge in [-0.05, 0) is 40.0 Å². The molecule has 1 aliphatic carbocycles. The number of rotatable bonds is 1. The summed E-state index contributed by atoms with van der Waals surface area (Å²) in [7, 11) is 0. The van der Waals surface area contributed by atoms with Gasteiger partial charge in [-0.15, -0.1) is 0 Å². The molecule has 0 aromatic carbocycles. The lowest BCUT2D eigenvalue weighted by atomic mass is 10.1. The van der Waals surface area contributed by atoms with Crippen LogP contribution in [0.4, 0.5) is 4.79 Å². The van der Waals surface area contributed by atoms with E-state index in [9.17, 15) is 14.7 Å². The van der Waals surface area contributed by atoms with Gasteiger partial charge in [-0.2, -0.15) is 0 Å². The van der Waals surface area contributed by atoms with E-state index in [4.69, 9.17) is 4.74 Å². The van der Waals surface area contributed by atoms with Crippen LogP contribution in [0, 0.1) is 0 Å². The zero-order chi connectivity index (χ0) is 16.1. The summed E-state index contributed by atoms with van der Waals surface area (Å²) >= 11 is 0. The highest BCUT2D eigenvalue weighted by Gasteiger charge is 2.43. The van der Waals surface area contributed by atoms with Crippen LogP contribution in [0.5, 0.6) is 0 Å². The van der Waals surface area contributed by atoms with Gasteiger partial charge in [-0.1, -0.05) is 0 Å². The summed E-state index contributed by atoms with van der Waals surface area (Å²) in [6.45, 7) is 5.81. The zero-order valence-electron chi connectivity index (χ0n) is 13.1. The molecule has 1 N–H and O–H groups in total. The predicted molar refractivity (Wildman–Crippen MR) is 77.6 cm³/mol. The number of imidazole rings is 1. The molecule has 120 valence electrons. The zero-order valence-corrected chi connectivity index (χ0v) is 13.1. The number of aromatic nitrogens is 2. The number of ether oxygens (including phenoxy) is 1. The van der Waals surface area contributed by atoms with Gasteiger partial charge in [-0.3, -0.25) is 4.90 Å². The summed E-state index contributed by atoms with van der Waals surface area (Å²) in [4.78, 5) is 29.7. The molecular weight excluding hydrogens is 286 g/mol. The first-order chi connectivity index (χ1) is 10.3. The Balaban J connectivity index is 1.93. The van der Waals surface area contributed by atoms with E-state index in [1.165, 1.54) is 6.20 Å². The maximum Gasteiger partial charge on any atom is 0.411 e. The van der Waals surface area contributed by atoms with Crippen molar-refractivity contribution in [3.05, 3.63) is 17.7 Å². The second-order valence-electron chi connectivity index (χ2n) is 6.91. The molecule has 1 amide bonds. The molecule has 7 heteroatoms. The molecule has 1 saturated carbocycles. The molecule has 1 aromatic rings. The SMILES string of the molecule is CC(C)(C)OC(=O)N1Cc2ncc(C(=O)O)n2[C@@H]2CCC[C@@H]21. The fourth-order valence-corrected chi connectivity index (χ4v) is 3.42. The van der Waals surface area contributed by atoms with Gasteiger partial charge in [0, 0.05) is 0 Å². The van der Waals surface area contributed by atoms with Crippen LogP contribution in [0.2, 0.25) is 0 Å². The van der Waals surface area contributed by atoms with Gasteiger partial charge in [0.25, 0.3) is 0 Å². The minimum Gasteiger partial charge on any atom is -0.477 e. The number of aromatic carboxylic acids is 1. The molecule has 2 aliphatic rings. The van der Waals surface area contributed by atoms with Gasteiger partial charge < -0.3 is 14.4 Å². The van der Waals surface area contributed by atoms with E-state index in [0.29, 0.717) is 12.4 Å². The average Bonchev–Trinajstić information content (AvgIpc) is 3.01. The summed E-state index contributed by atoms with van der Waals surface area (Å²) in [5.41, 5.74) is -0.347. The Morgan fingerprint density at radius 2 is 2.00 bits per heavy atom. The van der Waals surface area contributed by atoms with Crippen molar-refractivity contribution < 1.29 is 19.4 Å². The van der Waals surface area contributed by atoms with Gasteiger partial charge in [-0.25, -0.2) is 14.6 Å². The van der Waals surface area contributed by atoms with Crippen molar-refractivity contribution in [3.63, 3.8) is 0 Å². The average molecular weight is 307 g/mol. The van der Waals surface area contributed by atoms with Crippen molar-refractivity contribution in [2.45, 2.75) is 64.3 Å². The van der Waals surface area contributed by atoms with E-state index < -0.39 is 11.6 Å². The molecule has 0 spiro atoms. The lowest BCUT2D eigenvalue weighted by Gasteiger charge is -2.39. The smallest absolute Gasteiger partial charge is 0.411 e. The largest absolute Gasteiger partial charge is 0.477 e. The maximum atomic E-state index is 12.5. The Morgan fingerprint density at radius 3 is 2.64 bits per heavy atom. The lowest BCUT2D eigenvalue weighted by Crippen LogP contribution is -2.49. The van der Waals surface area contributed by atoms with Gasteiger partial charge in [0.05, 0.1) is 24.8 Å². The first-order valence-electron chi connectivity index (χ1n) is 7.57. The molecule has 0 radical (unpaired) electrons. The third kappa shape index (κ3) is 2.44. The third-order valence-electron chi connectivity index (χ3n) is 4.21. The van der Waals surface area contributed by atoms with Crippen molar-refractivity contribution in [3.8, 4) is 0 Å². The van der Waals surface area contributed by atoms with E-state index in [1.807, 2.05) is 20.8 Å². The molecule has 0 saturated heterocycles. The molecule has 3 rings (SSSR count). The summed E-state index contributed by atoms with van der Waals surface area (Å²) in [6, 6.07) is -0.0421. The van der Waals surface area contributed by atoms with Crippen molar-refractivity contribution in [2.75, 3.05) is 0 Å². The molecule has 2 atom stereocenters. The van der Waals surface area contributed by atoms with E-state index in [1.54, 1.807) is 9.47 Å². The number of hydrogen-bond acceptors (Lipinski definition) is 4. The van der Waals surface area contributed by atoms with E-state index >= 15 is 0 Å². The molecule has 22 heavy (non-hydrogen) atoms. The monoisotopic (exact) mass is 307 g/mol. The molecule has 1 aromatic heterocycles. The Morgan fingerprint density at radius 1 is 1.32 bits per heavy atom. The Bertz CT molecular complexity index is 617. The topological polar surface area (TPSA) is 84.7 Å². The number of carbonyl (C=O) groups excluding carboxylic acids is 1. The van der Waals surface area contributed by atoms with Crippen LogP contribution in [0.25, 0.3) is 0 Å². The second kappa shape index (κ2) is 5.00. The maximum absolute atomic E-state index is 12.5. The molecule has 0 bridgehead atoms. The third-order valence-corrected chi connectivity index (χ3v) is 4.21. The van der Waals surface area contributed by atoms with Gasteiger partial charge in [0.1, 0.15) is 17.1 Å². The molecule has 2 heterocycles. The van der Waals surface area contributed by atoms with Crippen LogP contribution in [-0.4, -0.2) is 43.3 Å². The number of carboxylic acid groups (broad SMARTS) is 1. The summed E-state index contributed by atoms with van der Waals surface area (Å²) in [5.74, 6) is -0.360.